The average molecular weight is 452 g/mol. The number of thiocarbonyl (C=S) groups is 1. The van der Waals surface area contributed by atoms with Gasteiger partial charge in [-0.15, -0.1) is 11.3 Å². The number of aromatic hydroxyl groups is 1. The number of thiophene rings is 1. The Kier molecular flexibility index (Phi) is 5.71. The number of hydrogen-bond donors (Lipinski definition) is 3. The second-order valence-corrected chi connectivity index (χ2v) is 8.78. The van der Waals surface area contributed by atoms with Crippen molar-refractivity contribution in [1.29, 1.82) is 0 Å². The Labute approximate surface area is 189 Å². The largest absolute Gasteiger partial charge is 0.493 e. The van der Waals surface area contributed by atoms with Crippen LogP contribution in [0, 0.1) is 13.8 Å². The molecule has 3 heterocycles. The summed E-state index contributed by atoms with van der Waals surface area (Å²) in [5.41, 5.74) is 5.12. The van der Waals surface area contributed by atoms with Crippen molar-refractivity contribution in [3.05, 3.63) is 69.7 Å². The normalized spacial score (nSPS) is 13.2. The van der Waals surface area contributed by atoms with Gasteiger partial charge in [0, 0.05) is 40.4 Å². The number of carbonyl (C=O) groups is 1. The number of hydrogen-bond acceptors (Lipinski definition) is 6. The first-order valence-electron chi connectivity index (χ1n) is 9.62. The number of rotatable bonds is 4. The molecule has 31 heavy (non-hydrogen) atoms. The van der Waals surface area contributed by atoms with E-state index in [1.807, 2.05) is 24.3 Å². The van der Waals surface area contributed by atoms with Gasteiger partial charge in [0.25, 0.3) is 0 Å². The Balaban J connectivity index is 1.80. The molecule has 0 radical (unpaired) electrons. The zero-order valence-corrected chi connectivity index (χ0v) is 18.9. The van der Waals surface area contributed by atoms with E-state index in [-0.39, 0.29) is 18.3 Å². The fourth-order valence-corrected chi connectivity index (χ4v) is 4.65. The van der Waals surface area contributed by atoms with E-state index in [1.165, 1.54) is 18.0 Å². The predicted octanol–water partition coefficient (Wildman–Crippen LogP) is 4.39. The number of fused-ring (bicyclic) bond motifs is 1. The van der Waals surface area contributed by atoms with Gasteiger partial charge in [0.1, 0.15) is 10.7 Å². The first kappa shape index (κ1) is 21.0. The Hall–Kier alpha value is -3.30. The maximum absolute atomic E-state index is 11.3. The van der Waals surface area contributed by atoms with Crippen LogP contribution < -0.4 is 10.6 Å². The van der Waals surface area contributed by atoms with Gasteiger partial charge in [-0.2, -0.15) is 5.10 Å². The molecule has 0 spiro atoms. The van der Waals surface area contributed by atoms with Crippen molar-refractivity contribution in [3.63, 3.8) is 0 Å². The second-order valence-electron chi connectivity index (χ2n) is 7.17. The van der Waals surface area contributed by atoms with Crippen LogP contribution in [0.15, 0.2) is 47.7 Å². The topological polar surface area (TPSA) is 89.9 Å². The van der Waals surface area contributed by atoms with Crippen LogP contribution in [-0.2, 0) is 11.3 Å². The number of anilines is 2. The van der Waals surface area contributed by atoms with Crippen molar-refractivity contribution in [2.45, 2.75) is 27.3 Å². The molecule has 0 bridgehead atoms. The highest BCUT2D eigenvalue weighted by Crippen LogP contribution is 2.37. The maximum atomic E-state index is 11.3. The molecule has 1 aliphatic rings. The number of benzene rings is 1. The Morgan fingerprint density at radius 1 is 1.26 bits per heavy atom. The van der Waals surface area contributed by atoms with Crippen LogP contribution >= 0.6 is 23.6 Å². The lowest BCUT2D eigenvalue weighted by Gasteiger charge is -2.19. The van der Waals surface area contributed by atoms with E-state index in [0.29, 0.717) is 10.7 Å². The molecule has 0 saturated heterocycles. The number of nitrogens with one attached hydrogen (secondary N) is 2. The molecule has 0 fully saturated rings. The molecule has 0 aliphatic carbocycles. The minimum Gasteiger partial charge on any atom is -0.493 e. The van der Waals surface area contributed by atoms with Crippen LogP contribution in [-0.4, -0.2) is 31.8 Å². The third kappa shape index (κ3) is 4.28. The van der Waals surface area contributed by atoms with Crippen LogP contribution in [0.4, 0.5) is 10.7 Å². The van der Waals surface area contributed by atoms with Crippen molar-refractivity contribution < 1.29 is 9.90 Å². The van der Waals surface area contributed by atoms with Crippen LogP contribution in [0.5, 0.6) is 5.88 Å². The number of hydrazone groups is 1. The second kappa shape index (κ2) is 8.44. The molecule has 0 saturated carbocycles. The number of nitrogens with zero attached hydrogens (tertiary/aromatic N) is 3. The highest BCUT2D eigenvalue weighted by molar-refractivity contribution is 7.80. The molecule has 1 amide bonds. The van der Waals surface area contributed by atoms with E-state index in [9.17, 15) is 9.90 Å². The van der Waals surface area contributed by atoms with Gasteiger partial charge in [-0.3, -0.25) is 4.79 Å². The van der Waals surface area contributed by atoms with E-state index >= 15 is 0 Å². The minimum atomic E-state index is -0.122. The number of pyridine rings is 1. The lowest BCUT2D eigenvalue weighted by atomic mass is 10.00. The first-order valence-corrected chi connectivity index (χ1v) is 10.8. The molecular formula is C22H21N5O2S2. The molecule has 158 valence electrons. The molecule has 0 unspecified atom stereocenters. The molecular weight excluding hydrogens is 430 g/mol. The van der Waals surface area contributed by atoms with E-state index in [0.717, 1.165) is 33.1 Å². The first-order chi connectivity index (χ1) is 14.8. The van der Waals surface area contributed by atoms with Crippen molar-refractivity contribution in [1.82, 2.24) is 9.99 Å². The summed E-state index contributed by atoms with van der Waals surface area (Å²) in [6, 6.07) is 11.1. The Morgan fingerprint density at radius 3 is 2.68 bits per heavy atom. The third-order valence-electron chi connectivity index (χ3n) is 4.96. The minimum absolute atomic E-state index is 0.0484. The van der Waals surface area contributed by atoms with Gasteiger partial charge in [-0.25, -0.2) is 9.99 Å². The molecule has 3 N–H and O–H groups in total. The molecule has 4 rings (SSSR count). The van der Waals surface area contributed by atoms with Crippen molar-refractivity contribution in [2.24, 2.45) is 5.10 Å². The van der Waals surface area contributed by atoms with Crippen LogP contribution in [0.3, 0.4) is 0 Å². The smallest absolute Gasteiger partial charge is 0.221 e. The van der Waals surface area contributed by atoms with E-state index < -0.39 is 0 Å². The monoisotopic (exact) mass is 451 g/mol. The molecule has 1 aromatic carbocycles. The van der Waals surface area contributed by atoms with Gasteiger partial charge in [0.15, 0.2) is 5.11 Å². The lowest BCUT2D eigenvalue weighted by molar-refractivity contribution is -0.114. The molecule has 1 aliphatic heterocycles. The van der Waals surface area contributed by atoms with Gasteiger partial charge in [0.05, 0.1) is 6.54 Å². The highest BCUT2D eigenvalue weighted by Gasteiger charge is 2.26. The molecule has 3 aromatic rings. The average Bonchev–Trinajstić information content (AvgIpc) is 2.92. The summed E-state index contributed by atoms with van der Waals surface area (Å²) in [6.07, 6.45) is 1.53. The van der Waals surface area contributed by atoms with Crippen LogP contribution in [0.1, 0.15) is 34.1 Å². The van der Waals surface area contributed by atoms with Gasteiger partial charge in [-0.1, -0.05) is 18.2 Å². The fourth-order valence-electron chi connectivity index (χ4n) is 3.32. The summed E-state index contributed by atoms with van der Waals surface area (Å²) in [7, 11) is 0. The van der Waals surface area contributed by atoms with Gasteiger partial charge in [-0.05, 0) is 49.8 Å². The molecule has 7 nitrogen and oxygen atoms in total. The Morgan fingerprint density at radius 2 is 2.00 bits per heavy atom. The molecule has 0 atom stereocenters. The number of aryl methyl sites for hydroxylation is 1. The fraction of sp³-hybridized carbons (Fsp3) is 0.182. The summed E-state index contributed by atoms with van der Waals surface area (Å²) in [5.74, 6) is -0.170. The zero-order valence-electron chi connectivity index (χ0n) is 17.3. The van der Waals surface area contributed by atoms with Crippen molar-refractivity contribution >= 4 is 51.0 Å². The lowest BCUT2D eigenvalue weighted by Crippen LogP contribution is -2.29. The van der Waals surface area contributed by atoms with Gasteiger partial charge in [0.2, 0.25) is 11.8 Å². The summed E-state index contributed by atoms with van der Waals surface area (Å²) in [4.78, 5) is 16.5. The number of carbonyl (C=O) groups excluding carboxylic acids is 1. The Bertz CT molecular complexity index is 1200. The molecule has 2 aromatic heterocycles. The van der Waals surface area contributed by atoms with Crippen molar-refractivity contribution in [2.75, 3.05) is 10.6 Å². The third-order valence-corrected chi connectivity index (χ3v) is 6.40. The number of amides is 1. The maximum Gasteiger partial charge on any atom is 0.221 e. The summed E-state index contributed by atoms with van der Waals surface area (Å²) < 4.78 is 0. The van der Waals surface area contributed by atoms with Crippen LogP contribution in [0.25, 0.3) is 0 Å². The van der Waals surface area contributed by atoms with Gasteiger partial charge >= 0.3 is 0 Å². The SMILES string of the molecule is CC(=O)Nc1ccc(C2=NN(Cc3cccnc3O)C(=S)Nc3sc(C)c(C)c32)cc1. The standard InChI is InChI=1S/C22H21N5O2S2/c1-12-13(2)31-21-18(12)19(15-6-8-17(9-7-15)24-14(3)28)26-27(22(30)25-21)11-16-5-4-10-23-20(16)29/h4-10H,11H2,1-3H3,(H,23,29)(H,24,28)(H,25,30). The summed E-state index contributed by atoms with van der Waals surface area (Å²) in [5, 5.41) is 24.1. The highest BCUT2D eigenvalue weighted by atomic mass is 32.1. The van der Waals surface area contributed by atoms with Gasteiger partial charge < -0.3 is 15.7 Å². The zero-order chi connectivity index (χ0) is 22.1. The van der Waals surface area contributed by atoms with Crippen LogP contribution in [0.2, 0.25) is 0 Å². The summed E-state index contributed by atoms with van der Waals surface area (Å²) in [6.45, 7) is 5.89. The molecule has 9 heteroatoms. The quantitative estimate of drug-likeness (QED) is 0.510. The number of aromatic nitrogens is 1. The predicted molar refractivity (Wildman–Crippen MR) is 128 cm³/mol. The van der Waals surface area contributed by atoms with E-state index in [4.69, 9.17) is 17.3 Å². The summed E-state index contributed by atoms with van der Waals surface area (Å²) >= 11 is 7.25. The van der Waals surface area contributed by atoms with Crippen molar-refractivity contribution in [3.8, 4) is 5.88 Å². The van der Waals surface area contributed by atoms with E-state index in [1.54, 1.807) is 28.5 Å². The van der Waals surface area contributed by atoms with E-state index in [2.05, 4.69) is 29.5 Å².